The Bertz CT molecular complexity index is 605. The van der Waals surface area contributed by atoms with E-state index in [1.807, 2.05) is 0 Å². The predicted molar refractivity (Wildman–Crippen MR) is 64.3 cm³/mol. The van der Waals surface area contributed by atoms with Crippen molar-refractivity contribution in [1.29, 1.82) is 0 Å². The molecule has 0 bridgehead atoms. The molecular formula is C11H12N4O3. The van der Waals surface area contributed by atoms with E-state index in [-0.39, 0.29) is 5.56 Å². The number of fused-ring (bicyclic) bond motifs is 1. The molecule has 1 aromatic carbocycles. The average Bonchev–Trinajstić information content (AvgIpc) is 2.71. The summed E-state index contributed by atoms with van der Waals surface area (Å²) >= 11 is 0. The summed E-state index contributed by atoms with van der Waals surface area (Å²) < 4.78 is 1.76. The fourth-order valence-electron chi connectivity index (χ4n) is 1.67. The van der Waals surface area contributed by atoms with Crippen molar-refractivity contribution in [2.45, 2.75) is 6.54 Å². The molecule has 7 nitrogen and oxygen atoms in total. The number of nitrogens with zero attached hydrogens (tertiary/aromatic N) is 2. The fourth-order valence-corrected chi connectivity index (χ4v) is 1.67. The van der Waals surface area contributed by atoms with Crippen molar-refractivity contribution in [2.24, 2.45) is 5.73 Å². The number of aromatic carboxylic acids is 1. The predicted octanol–water partition coefficient (Wildman–Crippen LogP) is 0.403. The molecule has 0 aliphatic carbocycles. The Kier molecular flexibility index (Phi) is 3.13. The van der Waals surface area contributed by atoms with E-state index in [1.54, 1.807) is 23.0 Å². The first-order chi connectivity index (χ1) is 8.58. The van der Waals surface area contributed by atoms with Crippen molar-refractivity contribution in [2.75, 3.05) is 6.54 Å². The van der Waals surface area contributed by atoms with Crippen molar-refractivity contribution in [3.05, 3.63) is 30.1 Å². The van der Waals surface area contributed by atoms with E-state index in [1.165, 1.54) is 6.07 Å². The molecule has 7 heteroatoms. The number of imidazole rings is 1. The van der Waals surface area contributed by atoms with Gasteiger partial charge in [0.05, 0.1) is 22.9 Å². The van der Waals surface area contributed by atoms with Crippen LogP contribution in [0.1, 0.15) is 10.4 Å². The van der Waals surface area contributed by atoms with Gasteiger partial charge in [0, 0.05) is 13.1 Å². The topological polar surface area (TPSA) is 110 Å². The Hall–Kier alpha value is -2.57. The molecule has 1 aromatic heterocycles. The second-order valence-electron chi connectivity index (χ2n) is 3.74. The molecule has 0 atom stereocenters. The van der Waals surface area contributed by atoms with E-state index in [2.05, 4.69) is 10.3 Å². The van der Waals surface area contributed by atoms with Crippen LogP contribution < -0.4 is 11.1 Å². The van der Waals surface area contributed by atoms with Gasteiger partial charge in [-0.2, -0.15) is 0 Å². The quantitative estimate of drug-likeness (QED) is 0.727. The first kappa shape index (κ1) is 11.9. The second-order valence-corrected chi connectivity index (χ2v) is 3.74. The zero-order valence-electron chi connectivity index (χ0n) is 9.46. The smallest absolute Gasteiger partial charge is 0.335 e. The third-order valence-electron chi connectivity index (χ3n) is 2.52. The summed E-state index contributed by atoms with van der Waals surface area (Å²) in [6.07, 6.45) is 1.60. The van der Waals surface area contributed by atoms with Crippen LogP contribution in [-0.2, 0) is 6.54 Å². The lowest BCUT2D eigenvalue weighted by Gasteiger charge is -2.05. The Morgan fingerprint density at radius 3 is 2.89 bits per heavy atom. The maximum Gasteiger partial charge on any atom is 0.335 e. The highest BCUT2D eigenvalue weighted by atomic mass is 16.4. The van der Waals surface area contributed by atoms with Crippen LogP contribution in [0.4, 0.5) is 4.79 Å². The highest BCUT2D eigenvalue weighted by molar-refractivity contribution is 5.92. The molecule has 0 saturated carbocycles. The van der Waals surface area contributed by atoms with Crippen LogP contribution in [0.25, 0.3) is 11.0 Å². The van der Waals surface area contributed by atoms with Crippen molar-refractivity contribution in [1.82, 2.24) is 14.9 Å². The maximum atomic E-state index is 10.9. The number of carbonyl (C=O) groups is 2. The molecular weight excluding hydrogens is 236 g/mol. The number of benzene rings is 1. The Morgan fingerprint density at radius 2 is 2.22 bits per heavy atom. The van der Waals surface area contributed by atoms with Crippen LogP contribution in [0.3, 0.4) is 0 Å². The Labute approximate surface area is 102 Å². The number of urea groups is 1. The molecule has 0 spiro atoms. The number of carboxylic acid groups (broad SMARTS) is 1. The van der Waals surface area contributed by atoms with Crippen LogP contribution >= 0.6 is 0 Å². The van der Waals surface area contributed by atoms with E-state index >= 15 is 0 Å². The molecule has 0 fully saturated rings. The highest BCUT2D eigenvalue weighted by Gasteiger charge is 2.07. The maximum absolute atomic E-state index is 10.9. The molecule has 2 rings (SSSR count). The molecule has 18 heavy (non-hydrogen) atoms. The normalized spacial score (nSPS) is 10.4. The summed E-state index contributed by atoms with van der Waals surface area (Å²) in [5.41, 5.74) is 6.57. The van der Waals surface area contributed by atoms with Gasteiger partial charge in [-0.3, -0.25) is 0 Å². The Morgan fingerprint density at radius 1 is 1.44 bits per heavy atom. The van der Waals surface area contributed by atoms with Crippen LogP contribution in [0.2, 0.25) is 0 Å². The van der Waals surface area contributed by atoms with Gasteiger partial charge in [0.1, 0.15) is 0 Å². The molecule has 0 unspecified atom stereocenters. The molecule has 0 radical (unpaired) electrons. The van der Waals surface area contributed by atoms with Crippen LogP contribution in [0, 0.1) is 0 Å². The van der Waals surface area contributed by atoms with Crippen molar-refractivity contribution >= 4 is 23.0 Å². The number of hydrogen-bond donors (Lipinski definition) is 3. The molecule has 1 heterocycles. The van der Waals surface area contributed by atoms with E-state index in [0.717, 1.165) is 0 Å². The van der Waals surface area contributed by atoms with Crippen LogP contribution in [0.5, 0.6) is 0 Å². The summed E-state index contributed by atoms with van der Waals surface area (Å²) in [4.78, 5) is 25.6. The van der Waals surface area contributed by atoms with Gasteiger partial charge >= 0.3 is 12.0 Å². The summed E-state index contributed by atoms with van der Waals surface area (Å²) in [7, 11) is 0. The molecule has 0 aliphatic rings. The zero-order valence-corrected chi connectivity index (χ0v) is 9.46. The Balaban J connectivity index is 2.25. The molecule has 94 valence electrons. The lowest BCUT2D eigenvalue weighted by Crippen LogP contribution is -2.31. The highest BCUT2D eigenvalue weighted by Crippen LogP contribution is 2.14. The van der Waals surface area contributed by atoms with E-state index in [9.17, 15) is 9.59 Å². The van der Waals surface area contributed by atoms with Crippen molar-refractivity contribution in [3.63, 3.8) is 0 Å². The third kappa shape index (κ3) is 2.40. The number of primary amides is 1. The van der Waals surface area contributed by atoms with Crippen LogP contribution in [-0.4, -0.2) is 33.2 Å². The lowest BCUT2D eigenvalue weighted by molar-refractivity contribution is 0.0697. The molecule has 2 amide bonds. The SMILES string of the molecule is NC(=O)NCCn1cnc2ccc(C(=O)O)cc21. The number of carboxylic acids is 1. The lowest BCUT2D eigenvalue weighted by atomic mass is 10.2. The van der Waals surface area contributed by atoms with E-state index in [4.69, 9.17) is 10.8 Å². The number of hydrogen-bond acceptors (Lipinski definition) is 3. The summed E-state index contributed by atoms with van der Waals surface area (Å²) in [5, 5.41) is 11.4. The number of carbonyl (C=O) groups excluding carboxylic acids is 1. The molecule has 0 saturated heterocycles. The van der Waals surface area contributed by atoms with Crippen molar-refractivity contribution < 1.29 is 14.7 Å². The van der Waals surface area contributed by atoms with Gasteiger partial charge in [0.2, 0.25) is 0 Å². The number of aromatic nitrogens is 2. The first-order valence-electron chi connectivity index (χ1n) is 5.29. The van der Waals surface area contributed by atoms with Crippen LogP contribution in [0.15, 0.2) is 24.5 Å². The summed E-state index contributed by atoms with van der Waals surface area (Å²) in [5.74, 6) is -0.986. The van der Waals surface area contributed by atoms with Gasteiger partial charge in [-0.05, 0) is 18.2 Å². The molecule has 2 aromatic rings. The third-order valence-corrected chi connectivity index (χ3v) is 2.52. The van der Waals surface area contributed by atoms with Gasteiger partial charge in [0.25, 0.3) is 0 Å². The first-order valence-corrected chi connectivity index (χ1v) is 5.29. The van der Waals surface area contributed by atoms with Gasteiger partial charge in [0.15, 0.2) is 0 Å². The minimum absolute atomic E-state index is 0.201. The van der Waals surface area contributed by atoms with Gasteiger partial charge in [-0.25, -0.2) is 14.6 Å². The van der Waals surface area contributed by atoms with Crippen molar-refractivity contribution in [3.8, 4) is 0 Å². The summed E-state index contributed by atoms with van der Waals surface area (Å²) in [6.45, 7) is 0.834. The summed E-state index contributed by atoms with van der Waals surface area (Å²) in [6, 6.07) is 4.11. The largest absolute Gasteiger partial charge is 0.478 e. The minimum Gasteiger partial charge on any atom is -0.478 e. The van der Waals surface area contributed by atoms with Gasteiger partial charge < -0.3 is 20.7 Å². The number of rotatable bonds is 4. The minimum atomic E-state index is -0.986. The van der Waals surface area contributed by atoms with Gasteiger partial charge in [-0.1, -0.05) is 0 Å². The zero-order chi connectivity index (χ0) is 13.1. The fraction of sp³-hybridized carbons (Fsp3) is 0.182. The monoisotopic (exact) mass is 248 g/mol. The average molecular weight is 248 g/mol. The van der Waals surface area contributed by atoms with E-state index in [0.29, 0.717) is 24.1 Å². The number of nitrogens with two attached hydrogens (primary N) is 1. The van der Waals surface area contributed by atoms with Gasteiger partial charge in [-0.15, -0.1) is 0 Å². The standard InChI is InChI=1S/C11H12N4O3/c12-11(18)13-3-4-15-6-14-8-2-1-7(10(16)17)5-9(8)15/h1-2,5-6H,3-4H2,(H,16,17)(H3,12,13,18). The molecule has 4 N–H and O–H groups in total. The number of nitrogens with one attached hydrogen (secondary N) is 1. The number of amides is 2. The second kappa shape index (κ2) is 4.74. The molecule has 0 aliphatic heterocycles. The van der Waals surface area contributed by atoms with E-state index < -0.39 is 12.0 Å².